The van der Waals surface area contributed by atoms with Gasteiger partial charge in [-0.15, -0.1) is 0 Å². The van der Waals surface area contributed by atoms with Crippen LogP contribution in [0.4, 0.5) is 11.4 Å². The van der Waals surface area contributed by atoms with E-state index in [0.29, 0.717) is 34.1 Å². The molecule has 0 saturated carbocycles. The van der Waals surface area contributed by atoms with Crippen LogP contribution < -0.4 is 15.4 Å². The van der Waals surface area contributed by atoms with Crippen LogP contribution in [0, 0.1) is 0 Å². The Morgan fingerprint density at radius 3 is 2.30 bits per heavy atom. The van der Waals surface area contributed by atoms with Crippen LogP contribution in [0.2, 0.25) is 5.02 Å². The Morgan fingerprint density at radius 1 is 0.967 bits per heavy atom. The zero-order valence-corrected chi connectivity index (χ0v) is 17.6. The van der Waals surface area contributed by atoms with E-state index in [1.807, 2.05) is 37.3 Å². The van der Waals surface area contributed by atoms with Gasteiger partial charge < -0.3 is 15.4 Å². The summed E-state index contributed by atoms with van der Waals surface area (Å²) in [4.78, 5) is 25.5. The van der Waals surface area contributed by atoms with Crippen molar-refractivity contribution in [3.8, 4) is 5.75 Å². The maximum absolute atomic E-state index is 12.8. The number of benzene rings is 3. The van der Waals surface area contributed by atoms with Crippen molar-refractivity contribution in [2.75, 3.05) is 17.7 Å². The van der Waals surface area contributed by atoms with E-state index in [4.69, 9.17) is 16.3 Å². The van der Waals surface area contributed by atoms with E-state index in [-0.39, 0.29) is 17.7 Å². The van der Waals surface area contributed by atoms with E-state index in [1.165, 1.54) is 0 Å². The summed E-state index contributed by atoms with van der Waals surface area (Å²) >= 11 is 6.27. The van der Waals surface area contributed by atoms with Crippen LogP contribution in [0.5, 0.6) is 5.75 Å². The number of methoxy groups -OCH3 is 1. The number of carbonyl (C=O) groups is 2. The highest BCUT2D eigenvalue weighted by Gasteiger charge is 2.20. The lowest BCUT2D eigenvalue weighted by Crippen LogP contribution is -2.21. The molecule has 5 nitrogen and oxygen atoms in total. The average Bonchev–Trinajstić information content (AvgIpc) is 2.77. The second-order valence-corrected chi connectivity index (χ2v) is 7.15. The normalized spacial score (nSPS) is 11.4. The highest BCUT2D eigenvalue weighted by Crippen LogP contribution is 2.27. The van der Waals surface area contributed by atoms with Gasteiger partial charge in [0.15, 0.2) is 0 Å². The number of hydrogen-bond donors (Lipinski definition) is 2. The summed E-state index contributed by atoms with van der Waals surface area (Å²) < 4.78 is 5.12. The fraction of sp³-hybridized carbons (Fsp3) is 0.167. The molecule has 6 heteroatoms. The van der Waals surface area contributed by atoms with Gasteiger partial charge in [0, 0.05) is 11.3 Å². The summed E-state index contributed by atoms with van der Waals surface area (Å²) in [7, 11) is 1.58. The number of nitrogens with one attached hydrogen (secondary N) is 2. The predicted octanol–water partition coefficient (Wildman–Crippen LogP) is 5.73. The van der Waals surface area contributed by atoms with Gasteiger partial charge in [-0.1, -0.05) is 48.9 Å². The maximum atomic E-state index is 12.8. The van der Waals surface area contributed by atoms with Gasteiger partial charge in [-0.25, -0.2) is 0 Å². The summed E-state index contributed by atoms with van der Waals surface area (Å²) in [5, 5.41) is 6.05. The summed E-state index contributed by atoms with van der Waals surface area (Å²) in [5.74, 6) is -0.0758. The monoisotopic (exact) mass is 422 g/mol. The first-order valence-corrected chi connectivity index (χ1v) is 10.0. The molecule has 30 heavy (non-hydrogen) atoms. The standard InChI is InChI=1S/C24H23ClN2O3/c1-3-20(16-7-5-4-6-8-16)24(29)27-22-15-17(9-14-21(22)25)23(28)26-18-10-12-19(30-2)13-11-18/h4-15,20H,3H2,1-2H3,(H,26,28)(H,27,29). The summed E-state index contributed by atoms with van der Waals surface area (Å²) in [5.41, 5.74) is 2.36. The summed E-state index contributed by atoms with van der Waals surface area (Å²) in [6.45, 7) is 1.96. The third-order valence-electron chi connectivity index (χ3n) is 4.76. The minimum absolute atomic E-state index is 0.168. The van der Waals surface area contributed by atoms with Gasteiger partial charge in [0.25, 0.3) is 5.91 Å². The molecule has 1 unspecified atom stereocenters. The molecule has 0 aliphatic rings. The Kier molecular flexibility index (Phi) is 7.09. The minimum atomic E-state index is -0.306. The van der Waals surface area contributed by atoms with Crippen molar-refractivity contribution in [2.45, 2.75) is 19.3 Å². The summed E-state index contributed by atoms with van der Waals surface area (Å²) in [6, 6.07) is 21.4. The minimum Gasteiger partial charge on any atom is -0.497 e. The molecule has 0 radical (unpaired) electrons. The molecule has 0 aliphatic heterocycles. The van der Waals surface area contributed by atoms with Gasteiger partial charge in [0.2, 0.25) is 5.91 Å². The first-order chi connectivity index (χ1) is 14.5. The lowest BCUT2D eigenvalue weighted by Gasteiger charge is -2.16. The van der Waals surface area contributed by atoms with Crippen molar-refractivity contribution in [1.29, 1.82) is 0 Å². The molecular weight excluding hydrogens is 400 g/mol. The fourth-order valence-corrected chi connectivity index (χ4v) is 3.28. The van der Waals surface area contributed by atoms with Crippen LogP contribution in [0.3, 0.4) is 0 Å². The van der Waals surface area contributed by atoms with E-state index >= 15 is 0 Å². The number of hydrogen-bond acceptors (Lipinski definition) is 3. The molecule has 3 rings (SSSR count). The molecule has 3 aromatic carbocycles. The first kappa shape index (κ1) is 21.4. The molecule has 0 heterocycles. The van der Waals surface area contributed by atoms with Gasteiger partial charge in [-0.2, -0.15) is 0 Å². The number of carbonyl (C=O) groups excluding carboxylic acids is 2. The number of halogens is 1. The molecule has 2 amide bonds. The molecule has 0 bridgehead atoms. The van der Waals surface area contributed by atoms with Gasteiger partial charge in [0.05, 0.1) is 23.7 Å². The Balaban J connectivity index is 1.75. The molecule has 2 N–H and O–H groups in total. The molecule has 0 spiro atoms. The molecule has 0 aliphatic carbocycles. The smallest absolute Gasteiger partial charge is 0.255 e. The van der Waals surface area contributed by atoms with Gasteiger partial charge in [0.1, 0.15) is 5.75 Å². The molecule has 3 aromatic rings. The SMILES string of the molecule is CCC(C(=O)Nc1cc(C(=O)Nc2ccc(OC)cc2)ccc1Cl)c1ccccc1. The molecule has 154 valence electrons. The zero-order valence-electron chi connectivity index (χ0n) is 16.8. The van der Waals surface area contributed by atoms with Crippen LogP contribution in [-0.4, -0.2) is 18.9 Å². The van der Waals surface area contributed by atoms with E-state index in [2.05, 4.69) is 10.6 Å². The largest absolute Gasteiger partial charge is 0.497 e. The quantitative estimate of drug-likeness (QED) is 0.510. The third-order valence-corrected chi connectivity index (χ3v) is 5.09. The first-order valence-electron chi connectivity index (χ1n) is 9.62. The van der Waals surface area contributed by atoms with Gasteiger partial charge in [-0.05, 0) is 54.4 Å². The van der Waals surface area contributed by atoms with Gasteiger partial charge >= 0.3 is 0 Å². The Labute approximate surface area is 181 Å². The Morgan fingerprint density at radius 2 is 1.67 bits per heavy atom. The lowest BCUT2D eigenvalue weighted by molar-refractivity contribution is -0.117. The van der Waals surface area contributed by atoms with E-state index in [1.54, 1.807) is 49.6 Å². The topological polar surface area (TPSA) is 67.4 Å². The fourth-order valence-electron chi connectivity index (χ4n) is 3.12. The Hall–Kier alpha value is -3.31. The van der Waals surface area contributed by atoms with Crippen molar-refractivity contribution in [3.63, 3.8) is 0 Å². The van der Waals surface area contributed by atoms with Crippen molar-refractivity contribution < 1.29 is 14.3 Å². The van der Waals surface area contributed by atoms with Crippen LogP contribution in [0.15, 0.2) is 72.8 Å². The molecule has 0 fully saturated rings. The second kappa shape index (κ2) is 9.94. The van der Waals surface area contributed by atoms with Crippen LogP contribution in [0.25, 0.3) is 0 Å². The third kappa shape index (κ3) is 5.19. The zero-order chi connectivity index (χ0) is 21.5. The number of anilines is 2. The lowest BCUT2D eigenvalue weighted by atomic mass is 9.95. The average molecular weight is 423 g/mol. The van der Waals surface area contributed by atoms with Crippen molar-refractivity contribution in [3.05, 3.63) is 88.9 Å². The van der Waals surface area contributed by atoms with Crippen molar-refractivity contribution in [1.82, 2.24) is 0 Å². The van der Waals surface area contributed by atoms with Gasteiger partial charge in [-0.3, -0.25) is 9.59 Å². The van der Waals surface area contributed by atoms with Crippen molar-refractivity contribution in [2.24, 2.45) is 0 Å². The second-order valence-electron chi connectivity index (χ2n) is 6.74. The maximum Gasteiger partial charge on any atom is 0.255 e. The van der Waals surface area contributed by atoms with E-state index in [9.17, 15) is 9.59 Å². The Bertz CT molecular complexity index is 1020. The number of ether oxygens (including phenoxy) is 1. The molecule has 1 atom stereocenters. The molecule has 0 saturated heterocycles. The highest BCUT2D eigenvalue weighted by molar-refractivity contribution is 6.34. The number of rotatable bonds is 7. The van der Waals surface area contributed by atoms with E-state index in [0.717, 1.165) is 5.56 Å². The summed E-state index contributed by atoms with van der Waals surface area (Å²) in [6.07, 6.45) is 0.644. The predicted molar refractivity (Wildman–Crippen MR) is 121 cm³/mol. The van der Waals surface area contributed by atoms with Crippen LogP contribution in [0.1, 0.15) is 35.2 Å². The van der Waals surface area contributed by atoms with Crippen LogP contribution in [-0.2, 0) is 4.79 Å². The van der Waals surface area contributed by atoms with Crippen molar-refractivity contribution >= 4 is 34.8 Å². The molecular formula is C24H23ClN2O3. The van der Waals surface area contributed by atoms with Crippen LogP contribution >= 0.6 is 11.6 Å². The molecule has 0 aromatic heterocycles. The highest BCUT2D eigenvalue weighted by atomic mass is 35.5. The number of amides is 2. The van der Waals surface area contributed by atoms with E-state index < -0.39 is 0 Å².